The van der Waals surface area contributed by atoms with E-state index in [0.29, 0.717) is 12.0 Å². The Hall–Kier alpha value is -0.120. The van der Waals surface area contributed by atoms with Crippen molar-refractivity contribution in [2.24, 2.45) is 5.92 Å². The minimum atomic E-state index is 0.220. The van der Waals surface area contributed by atoms with Crippen molar-refractivity contribution in [3.8, 4) is 0 Å². The summed E-state index contributed by atoms with van der Waals surface area (Å²) in [6.45, 7) is 13.4. The van der Waals surface area contributed by atoms with Crippen molar-refractivity contribution < 1.29 is 4.74 Å². The highest BCUT2D eigenvalue weighted by Gasteiger charge is 2.29. The molecule has 0 aromatic rings. The van der Waals surface area contributed by atoms with Gasteiger partial charge in [0.2, 0.25) is 0 Å². The van der Waals surface area contributed by atoms with Crippen LogP contribution in [0.2, 0.25) is 0 Å². The molecule has 96 valence electrons. The first kappa shape index (κ1) is 13.9. The van der Waals surface area contributed by atoms with Gasteiger partial charge in [-0.15, -0.1) is 0 Å². The molecule has 1 saturated heterocycles. The maximum absolute atomic E-state index is 5.37. The van der Waals surface area contributed by atoms with Crippen LogP contribution in [0, 0.1) is 5.92 Å². The van der Waals surface area contributed by atoms with Gasteiger partial charge >= 0.3 is 0 Å². The molecule has 3 heteroatoms. The zero-order valence-electron chi connectivity index (χ0n) is 11.5. The summed E-state index contributed by atoms with van der Waals surface area (Å²) >= 11 is 0. The quantitative estimate of drug-likeness (QED) is 0.793. The van der Waals surface area contributed by atoms with Gasteiger partial charge in [-0.3, -0.25) is 4.90 Å². The lowest BCUT2D eigenvalue weighted by Gasteiger charge is -2.37. The van der Waals surface area contributed by atoms with Crippen molar-refractivity contribution in [2.75, 3.05) is 33.4 Å². The predicted molar refractivity (Wildman–Crippen MR) is 68.8 cm³/mol. The van der Waals surface area contributed by atoms with Gasteiger partial charge in [0.15, 0.2) is 0 Å². The smallest absolute Gasteiger partial charge is 0.0620 e. The van der Waals surface area contributed by atoms with E-state index in [0.717, 1.165) is 19.7 Å². The fourth-order valence-corrected chi connectivity index (χ4v) is 2.52. The number of ether oxygens (including phenoxy) is 1. The van der Waals surface area contributed by atoms with Gasteiger partial charge in [-0.2, -0.15) is 0 Å². The van der Waals surface area contributed by atoms with E-state index in [1.165, 1.54) is 13.0 Å². The topological polar surface area (TPSA) is 24.5 Å². The minimum Gasteiger partial charge on any atom is -0.383 e. The Balaban J connectivity index is 2.66. The lowest BCUT2D eigenvalue weighted by molar-refractivity contribution is 0.0562. The molecule has 0 spiro atoms. The minimum absolute atomic E-state index is 0.220. The number of nitrogens with one attached hydrogen (secondary N) is 1. The molecule has 3 nitrogen and oxygen atoms in total. The normalized spacial score (nSPS) is 24.4. The summed E-state index contributed by atoms with van der Waals surface area (Å²) < 4.78 is 5.37. The third-order valence-electron chi connectivity index (χ3n) is 3.40. The van der Waals surface area contributed by atoms with E-state index in [9.17, 15) is 0 Å². The van der Waals surface area contributed by atoms with Crippen LogP contribution in [0.15, 0.2) is 0 Å². The first-order valence-corrected chi connectivity index (χ1v) is 6.44. The predicted octanol–water partition coefficient (Wildman–Crippen LogP) is 1.73. The van der Waals surface area contributed by atoms with Crippen LogP contribution < -0.4 is 5.32 Å². The Morgan fingerprint density at radius 1 is 1.38 bits per heavy atom. The molecular weight excluding hydrogens is 200 g/mol. The second-order valence-electron chi connectivity index (χ2n) is 5.90. The standard InChI is InChI=1S/C13H28N2O/c1-11(2)12(9-16-5)15-8-6-7-14-13(3,4)10-15/h11-12,14H,6-10H2,1-5H3. The van der Waals surface area contributed by atoms with E-state index in [4.69, 9.17) is 4.74 Å². The lowest BCUT2D eigenvalue weighted by atomic mass is 9.99. The second kappa shape index (κ2) is 5.99. The maximum atomic E-state index is 5.37. The van der Waals surface area contributed by atoms with E-state index >= 15 is 0 Å². The van der Waals surface area contributed by atoms with Gasteiger partial charge in [-0.05, 0) is 39.3 Å². The van der Waals surface area contributed by atoms with Crippen LogP contribution in [0.1, 0.15) is 34.1 Å². The van der Waals surface area contributed by atoms with Gasteiger partial charge in [-0.1, -0.05) is 13.8 Å². The number of hydrogen-bond donors (Lipinski definition) is 1. The molecule has 0 amide bonds. The Kier molecular flexibility index (Phi) is 5.22. The number of rotatable bonds is 4. The van der Waals surface area contributed by atoms with Gasteiger partial charge < -0.3 is 10.1 Å². The van der Waals surface area contributed by atoms with Crippen LogP contribution in [0.3, 0.4) is 0 Å². The molecule has 0 aromatic carbocycles. The van der Waals surface area contributed by atoms with Gasteiger partial charge in [0.05, 0.1) is 6.61 Å². The SMILES string of the molecule is COCC(C(C)C)N1CCCNC(C)(C)C1. The van der Waals surface area contributed by atoms with E-state index in [2.05, 4.69) is 37.9 Å². The summed E-state index contributed by atoms with van der Waals surface area (Å²) in [4.78, 5) is 2.59. The second-order valence-corrected chi connectivity index (χ2v) is 5.90. The third kappa shape index (κ3) is 4.04. The Morgan fingerprint density at radius 2 is 2.06 bits per heavy atom. The summed E-state index contributed by atoms with van der Waals surface area (Å²) in [5.74, 6) is 0.647. The van der Waals surface area contributed by atoms with Crippen molar-refractivity contribution in [3.05, 3.63) is 0 Å². The summed E-state index contributed by atoms with van der Waals surface area (Å²) in [5.41, 5.74) is 0.220. The average molecular weight is 228 g/mol. The highest BCUT2D eigenvalue weighted by Crippen LogP contribution is 2.18. The van der Waals surface area contributed by atoms with Crippen LogP contribution >= 0.6 is 0 Å². The van der Waals surface area contributed by atoms with Crippen molar-refractivity contribution in [3.63, 3.8) is 0 Å². The molecule has 1 aliphatic heterocycles. The molecule has 1 unspecified atom stereocenters. The molecule has 0 saturated carbocycles. The molecule has 1 fully saturated rings. The molecular formula is C13H28N2O. The first-order valence-electron chi connectivity index (χ1n) is 6.44. The molecule has 1 aliphatic rings. The van der Waals surface area contributed by atoms with E-state index < -0.39 is 0 Å². The summed E-state index contributed by atoms with van der Waals surface area (Å²) in [5, 5.41) is 3.60. The fourth-order valence-electron chi connectivity index (χ4n) is 2.52. The highest BCUT2D eigenvalue weighted by atomic mass is 16.5. The maximum Gasteiger partial charge on any atom is 0.0620 e. The van der Waals surface area contributed by atoms with Crippen molar-refractivity contribution >= 4 is 0 Å². The van der Waals surface area contributed by atoms with Gasteiger partial charge in [-0.25, -0.2) is 0 Å². The summed E-state index contributed by atoms with van der Waals surface area (Å²) in [6.07, 6.45) is 1.23. The molecule has 1 rings (SSSR count). The first-order chi connectivity index (χ1) is 7.46. The van der Waals surface area contributed by atoms with Crippen LogP contribution in [0.25, 0.3) is 0 Å². The van der Waals surface area contributed by atoms with E-state index in [1.54, 1.807) is 7.11 Å². The van der Waals surface area contributed by atoms with Crippen molar-refractivity contribution in [1.82, 2.24) is 10.2 Å². The zero-order valence-corrected chi connectivity index (χ0v) is 11.5. The molecule has 1 heterocycles. The largest absolute Gasteiger partial charge is 0.383 e. The van der Waals surface area contributed by atoms with Gasteiger partial charge in [0.25, 0.3) is 0 Å². The van der Waals surface area contributed by atoms with Crippen LogP contribution in [-0.2, 0) is 4.74 Å². The number of hydrogen-bond acceptors (Lipinski definition) is 3. The monoisotopic (exact) mass is 228 g/mol. The Labute approximate surface area is 101 Å². The van der Waals surface area contributed by atoms with Crippen LogP contribution in [-0.4, -0.2) is 49.8 Å². The van der Waals surface area contributed by atoms with Crippen molar-refractivity contribution in [1.29, 1.82) is 0 Å². The summed E-state index contributed by atoms with van der Waals surface area (Å²) in [6, 6.07) is 0.546. The average Bonchev–Trinajstić information content (AvgIpc) is 2.35. The molecule has 16 heavy (non-hydrogen) atoms. The van der Waals surface area contributed by atoms with E-state index in [-0.39, 0.29) is 5.54 Å². The van der Waals surface area contributed by atoms with E-state index in [1.807, 2.05) is 0 Å². The molecule has 0 bridgehead atoms. The molecule has 0 radical (unpaired) electrons. The third-order valence-corrected chi connectivity index (χ3v) is 3.40. The highest BCUT2D eigenvalue weighted by molar-refractivity contribution is 4.88. The lowest BCUT2D eigenvalue weighted by Crippen LogP contribution is -2.51. The molecule has 1 atom stereocenters. The Morgan fingerprint density at radius 3 is 2.62 bits per heavy atom. The fraction of sp³-hybridized carbons (Fsp3) is 1.00. The number of methoxy groups -OCH3 is 1. The van der Waals surface area contributed by atoms with Gasteiger partial charge in [0, 0.05) is 25.2 Å². The van der Waals surface area contributed by atoms with Crippen LogP contribution in [0.4, 0.5) is 0 Å². The van der Waals surface area contributed by atoms with Gasteiger partial charge in [0.1, 0.15) is 0 Å². The molecule has 0 aromatic heterocycles. The molecule has 1 N–H and O–H groups in total. The zero-order chi connectivity index (χ0) is 12.2. The molecule has 0 aliphatic carbocycles. The van der Waals surface area contributed by atoms with Crippen molar-refractivity contribution in [2.45, 2.75) is 45.7 Å². The Bertz CT molecular complexity index is 204. The summed E-state index contributed by atoms with van der Waals surface area (Å²) in [7, 11) is 1.80. The van der Waals surface area contributed by atoms with Crippen LogP contribution in [0.5, 0.6) is 0 Å². The number of nitrogens with zero attached hydrogens (tertiary/aromatic N) is 1.